The molecule has 32 heavy (non-hydrogen) atoms. The minimum Gasteiger partial charge on any atom is -0.490 e. The van der Waals surface area contributed by atoms with E-state index in [1.165, 1.54) is 25.7 Å². The van der Waals surface area contributed by atoms with Gasteiger partial charge in [-0.1, -0.05) is 57.4 Å². The van der Waals surface area contributed by atoms with Gasteiger partial charge in [0, 0.05) is 6.07 Å². The highest BCUT2D eigenvalue weighted by Crippen LogP contribution is 2.25. The molecule has 0 radical (unpaired) electrons. The lowest BCUT2D eigenvalue weighted by Crippen LogP contribution is -2.20. The highest BCUT2D eigenvalue weighted by atomic mass is 16.6. The van der Waals surface area contributed by atoms with E-state index in [0.717, 1.165) is 51.4 Å². The zero-order valence-electron chi connectivity index (χ0n) is 19.2. The second-order valence-corrected chi connectivity index (χ2v) is 8.88. The molecule has 0 spiro atoms. The van der Waals surface area contributed by atoms with Crippen LogP contribution in [-0.2, 0) is 19.1 Å². The van der Waals surface area contributed by atoms with Crippen LogP contribution in [0.5, 0.6) is 11.5 Å². The van der Waals surface area contributed by atoms with Crippen LogP contribution >= 0.6 is 0 Å². The first-order chi connectivity index (χ1) is 15.7. The molecule has 0 unspecified atom stereocenters. The topological polar surface area (TPSA) is 71.1 Å². The fraction of sp³-hybridized carbons (Fsp3) is 0.692. The van der Waals surface area contributed by atoms with Crippen molar-refractivity contribution in [3.63, 3.8) is 0 Å². The van der Waals surface area contributed by atoms with E-state index in [-0.39, 0.29) is 37.0 Å². The van der Waals surface area contributed by atoms with Gasteiger partial charge in [-0.3, -0.25) is 9.59 Å². The third-order valence-corrected chi connectivity index (χ3v) is 6.38. The lowest BCUT2D eigenvalue weighted by molar-refractivity contribution is -0.150. The highest BCUT2D eigenvalue weighted by Gasteiger charge is 2.22. The fourth-order valence-corrected chi connectivity index (χ4v) is 4.52. The van der Waals surface area contributed by atoms with Crippen molar-refractivity contribution in [2.45, 2.75) is 77.0 Å². The van der Waals surface area contributed by atoms with Crippen LogP contribution in [0.15, 0.2) is 24.3 Å². The smallest absolute Gasteiger partial charge is 0.309 e. The van der Waals surface area contributed by atoms with Gasteiger partial charge in [-0.15, -0.1) is 0 Å². The maximum Gasteiger partial charge on any atom is 0.309 e. The van der Waals surface area contributed by atoms with Gasteiger partial charge >= 0.3 is 11.9 Å². The third kappa shape index (κ3) is 8.71. The van der Waals surface area contributed by atoms with E-state index in [2.05, 4.69) is 0 Å². The molecule has 6 heteroatoms. The summed E-state index contributed by atoms with van der Waals surface area (Å²) in [5.74, 6) is 1.22. The van der Waals surface area contributed by atoms with Crippen molar-refractivity contribution in [2.75, 3.05) is 26.4 Å². The van der Waals surface area contributed by atoms with Crippen molar-refractivity contribution in [1.82, 2.24) is 0 Å². The van der Waals surface area contributed by atoms with E-state index >= 15 is 0 Å². The number of benzene rings is 1. The molecule has 2 aliphatic carbocycles. The number of carbonyl (C=O) groups excluding carboxylic acids is 2. The molecule has 3 rings (SSSR count). The summed E-state index contributed by atoms with van der Waals surface area (Å²) in [5.41, 5.74) is 0. The largest absolute Gasteiger partial charge is 0.490 e. The van der Waals surface area contributed by atoms with Gasteiger partial charge in [0.05, 0.1) is 11.8 Å². The van der Waals surface area contributed by atoms with E-state index < -0.39 is 0 Å². The Morgan fingerprint density at radius 1 is 0.625 bits per heavy atom. The minimum atomic E-state index is -0.0917. The monoisotopic (exact) mass is 446 g/mol. The maximum atomic E-state index is 12.2. The van der Waals surface area contributed by atoms with Gasteiger partial charge in [-0.05, 0) is 37.8 Å². The van der Waals surface area contributed by atoms with Gasteiger partial charge in [0.2, 0.25) is 0 Å². The molecule has 0 bridgehead atoms. The van der Waals surface area contributed by atoms with Crippen LogP contribution in [0.25, 0.3) is 0 Å². The average Bonchev–Trinajstić information content (AvgIpc) is 3.25. The van der Waals surface area contributed by atoms with Crippen molar-refractivity contribution in [1.29, 1.82) is 0 Å². The van der Waals surface area contributed by atoms with Crippen molar-refractivity contribution in [3.8, 4) is 11.5 Å². The number of hydrogen-bond acceptors (Lipinski definition) is 6. The molecule has 6 nitrogen and oxygen atoms in total. The van der Waals surface area contributed by atoms with Crippen LogP contribution in [0, 0.1) is 11.8 Å². The van der Waals surface area contributed by atoms with Crippen LogP contribution in [0.2, 0.25) is 0 Å². The van der Waals surface area contributed by atoms with E-state index in [9.17, 15) is 9.59 Å². The van der Waals surface area contributed by atoms with Gasteiger partial charge in [0.15, 0.2) is 0 Å². The Labute approximate surface area is 191 Å². The maximum absolute atomic E-state index is 12.2. The first-order valence-electron chi connectivity index (χ1n) is 12.4. The number of rotatable bonds is 10. The Kier molecular flexibility index (Phi) is 10.7. The fourth-order valence-electron chi connectivity index (χ4n) is 4.52. The van der Waals surface area contributed by atoms with Crippen LogP contribution in [0.4, 0.5) is 0 Å². The molecule has 178 valence electrons. The minimum absolute atomic E-state index is 0.0471. The second-order valence-electron chi connectivity index (χ2n) is 8.88. The van der Waals surface area contributed by atoms with E-state index in [0.29, 0.717) is 24.7 Å². The highest BCUT2D eigenvalue weighted by molar-refractivity contribution is 5.72. The molecule has 2 saturated carbocycles. The summed E-state index contributed by atoms with van der Waals surface area (Å²) in [6.07, 6.45) is 13.1. The Balaban J connectivity index is 1.30. The Hall–Kier alpha value is -2.24. The van der Waals surface area contributed by atoms with Crippen LogP contribution in [0.3, 0.4) is 0 Å². The summed E-state index contributed by atoms with van der Waals surface area (Å²) in [6.45, 7) is 1.11. The van der Waals surface area contributed by atoms with Crippen molar-refractivity contribution in [3.05, 3.63) is 24.3 Å². The third-order valence-electron chi connectivity index (χ3n) is 6.38. The average molecular weight is 447 g/mol. The summed E-state index contributed by atoms with van der Waals surface area (Å²) in [6, 6.07) is 7.32. The molecule has 2 aliphatic rings. The summed E-state index contributed by atoms with van der Waals surface area (Å²) < 4.78 is 22.2. The van der Waals surface area contributed by atoms with E-state index in [1.807, 2.05) is 18.2 Å². The number of esters is 2. The first-order valence-corrected chi connectivity index (χ1v) is 12.4. The van der Waals surface area contributed by atoms with E-state index in [1.54, 1.807) is 6.07 Å². The molecular weight excluding hydrogens is 408 g/mol. The number of ether oxygens (including phenoxy) is 4. The lowest BCUT2D eigenvalue weighted by atomic mass is 10.0. The zero-order valence-corrected chi connectivity index (χ0v) is 19.2. The van der Waals surface area contributed by atoms with E-state index in [4.69, 9.17) is 18.9 Å². The molecular formula is C26H38O6. The molecule has 0 atom stereocenters. The van der Waals surface area contributed by atoms with Crippen LogP contribution in [0.1, 0.15) is 77.0 Å². The van der Waals surface area contributed by atoms with Crippen LogP contribution in [-0.4, -0.2) is 38.4 Å². The SMILES string of the molecule is O=C(OCCOc1cccc(OCCOC(=O)C2CCCCCC2)c1)C1CCCCCC1. The van der Waals surface area contributed by atoms with Gasteiger partial charge in [-0.2, -0.15) is 0 Å². The predicted octanol–water partition coefficient (Wildman–Crippen LogP) is 5.47. The quantitative estimate of drug-likeness (QED) is 0.270. The first kappa shape index (κ1) is 24.4. The summed E-state index contributed by atoms with van der Waals surface area (Å²) >= 11 is 0. The van der Waals surface area contributed by atoms with Gasteiger partial charge < -0.3 is 18.9 Å². The number of carbonyl (C=O) groups is 2. The Bertz CT molecular complexity index is 632. The predicted molar refractivity (Wildman–Crippen MR) is 122 cm³/mol. The standard InChI is InChI=1S/C26H38O6/c27-25(21-10-5-1-2-6-11-21)31-18-16-29-23-14-9-15-24(20-23)30-17-19-32-26(28)22-12-7-3-4-8-13-22/h9,14-15,20-22H,1-8,10-13,16-19H2. The molecule has 0 amide bonds. The van der Waals surface area contributed by atoms with Gasteiger partial charge in [0.1, 0.15) is 37.9 Å². The lowest BCUT2D eigenvalue weighted by Gasteiger charge is -2.14. The summed E-state index contributed by atoms with van der Waals surface area (Å²) in [4.78, 5) is 24.4. The summed E-state index contributed by atoms with van der Waals surface area (Å²) in [5, 5.41) is 0. The Morgan fingerprint density at radius 3 is 1.44 bits per heavy atom. The second kappa shape index (κ2) is 14.0. The molecule has 1 aromatic rings. The molecule has 0 aliphatic heterocycles. The summed E-state index contributed by atoms with van der Waals surface area (Å²) in [7, 11) is 0. The molecule has 0 heterocycles. The number of hydrogen-bond donors (Lipinski definition) is 0. The van der Waals surface area contributed by atoms with Crippen molar-refractivity contribution < 1.29 is 28.5 Å². The molecule has 0 N–H and O–H groups in total. The van der Waals surface area contributed by atoms with Gasteiger partial charge in [-0.25, -0.2) is 0 Å². The molecule has 1 aromatic carbocycles. The normalized spacial score (nSPS) is 18.2. The molecule has 2 fully saturated rings. The van der Waals surface area contributed by atoms with Gasteiger partial charge in [0.25, 0.3) is 0 Å². The van der Waals surface area contributed by atoms with Crippen molar-refractivity contribution >= 4 is 11.9 Å². The van der Waals surface area contributed by atoms with Crippen molar-refractivity contribution in [2.24, 2.45) is 11.8 Å². The Morgan fingerprint density at radius 2 is 1.03 bits per heavy atom. The molecule has 0 saturated heterocycles. The zero-order chi connectivity index (χ0) is 22.4. The molecule has 0 aromatic heterocycles. The van der Waals surface area contributed by atoms with Crippen LogP contribution < -0.4 is 9.47 Å².